The first kappa shape index (κ1) is 27.0. The van der Waals surface area contributed by atoms with Crippen molar-refractivity contribution in [3.05, 3.63) is 64.1 Å². The molecule has 1 amide bonds. The maximum absolute atomic E-state index is 12.2. The standard InChI is InChI=1S/C17H16Cl2N2O.C6H11F2NO2/c1-11-16(22)17(2,12-7-9-13(18)10-8-12)21(20-11)15-6-4-3-5-14(15)19;1-6(7,8)4-9(5-11)2-3-10/h3-10,16,22H,1-2H3;5,10H,2-4H2,1H3. The molecular weight excluding hydrogens is 475 g/mol. The molecule has 1 heterocycles. The van der Waals surface area contributed by atoms with Crippen molar-refractivity contribution in [1.29, 1.82) is 0 Å². The van der Waals surface area contributed by atoms with E-state index in [0.29, 0.717) is 22.2 Å². The van der Waals surface area contributed by atoms with Crippen LogP contribution in [0.2, 0.25) is 10.0 Å². The number of carbonyl (C=O) groups is 1. The molecule has 0 aromatic heterocycles. The van der Waals surface area contributed by atoms with Gasteiger partial charge in [0.2, 0.25) is 6.41 Å². The lowest BCUT2D eigenvalue weighted by Crippen LogP contribution is -2.46. The molecular formula is C23H27Cl2F2N3O3. The van der Waals surface area contributed by atoms with Gasteiger partial charge in [0.1, 0.15) is 11.6 Å². The summed E-state index contributed by atoms with van der Waals surface area (Å²) in [5, 5.41) is 26.6. The number of rotatable bonds is 7. The monoisotopic (exact) mass is 501 g/mol. The number of amides is 1. The predicted molar refractivity (Wildman–Crippen MR) is 127 cm³/mol. The van der Waals surface area contributed by atoms with Crippen molar-refractivity contribution in [2.24, 2.45) is 5.10 Å². The molecule has 10 heteroatoms. The van der Waals surface area contributed by atoms with Gasteiger partial charge in [-0.1, -0.05) is 47.5 Å². The van der Waals surface area contributed by atoms with Gasteiger partial charge in [0, 0.05) is 18.5 Å². The zero-order valence-corrected chi connectivity index (χ0v) is 20.1. The summed E-state index contributed by atoms with van der Waals surface area (Å²) in [6.45, 7) is 3.50. The second-order valence-electron chi connectivity index (χ2n) is 7.93. The van der Waals surface area contributed by atoms with E-state index in [1.165, 1.54) is 0 Å². The normalized spacial score (nSPS) is 20.1. The summed E-state index contributed by atoms with van der Waals surface area (Å²) in [6.07, 6.45) is -0.432. The number of hydrogen-bond acceptors (Lipinski definition) is 5. The van der Waals surface area contributed by atoms with Gasteiger partial charge in [-0.15, -0.1) is 0 Å². The molecule has 2 atom stereocenters. The summed E-state index contributed by atoms with van der Waals surface area (Å²) >= 11 is 12.3. The SMILES string of the molecule is CC(F)(F)CN(C=O)CCO.CC1=NN(c2ccccc2Cl)C(C)(c2ccc(Cl)cc2)C1O. The van der Waals surface area contributed by atoms with Crippen LogP contribution in [0.15, 0.2) is 53.6 Å². The number of hydrazone groups is 1. The van der Waals surface area contributed by atoms with Crippen LogP contribution in [0.25, 0.3) is 0 Å². The van der Waals surface area contributed by atoms with Gasteiger partial charge >= 0.3 is 0 Å². The molecule has 1 aliphatic heterocycles. The van der Waals surface area contributed by atoms with E-state index < -0.39 is 24.1 Å². The molecule has 0 saturated carbocycles. The molecule has 1 aliphatic rings. The molecule has 0 radical (unpaired) electrons. The number of aliphatic hydroxyl groups is 2. The number of aliphatic hydroxyl groups excluding tert-OH is 2. The molecule has 0 saturated heterocycles. The minimum Gasteiger partial charge on any atom is -0.395 e. The topological polar surface area (TPSA) is 76.4 Å². The van der Waals surface area contributed by atoms with Gasteiger partial charge in [0.15, 0.2) is 0 Å². The second-order valence-corrected chi connectivity index (χ2v) is 8.77. The van der Waals surface area contributed by atoms with Gasteiger partial charge in [0.05, 0.1) is 29.6 Å². The Balaban J connectivity index is 0.000000299. The van der Waals surface area contributed by atoms with Crippen molar-refractivity contribution in [2.75, 3.05) is 24.7 Å². The first-order valence-corrected chi connectivity index (χ1v) is 10.9. The van der Waals surface area contributed by atoms with Crippen LogP contribution in [0.4, 0.5) is 14.5 Å². The molecule has 2 N–H and O–H groups in total. The Morgan fingerprint density at radius 3 is 2.33 bits per heavy atom. The molecule has 2 aromatic rings. The Morgan fingerprint density at radius 1 is 1.21 bits per heavy atom. The third kappa shape index (κ3) is 6.63. The van der Waals surface area contributed by atoms with Gasteiger partial charge < -0.3 is 15.1 Å². The molecule has 33 heavy (non-hydrogen) atoms. The smallest absolute Gasteiger partial charge is 0.262 e. The average molecular weight is 502 g/mol. The zero-order valence-electron chi connectivity index (χ0n) is 18.6. The van der Waals surface area contributed by atoms with E-state index in [-0.39, 0.29) is 13.2 Å². The van der Waals surface area contributed by atoms with Crippen LogP contribution in [0, 0.1) is 0 Å². The van der Waals surface area contributed by atoms with E-state index in [1.807, 2.05) is 62.4 Å². The van der Waals surface area contributed by atoms with Gasteiger partial charge in [-0.3, -0.25) is 9.80 Å². The number of carbonyl (C=O) groups excluding carboxylic acids is 1. The highest BCUT2D eigenvalue weighted by Crippen LogP contribution is 2.43. The number of para-hydroxylation sites is 1. The third-order valence-corrected chi connectivity index (χ3v) is 5.72. The maximum atomic E-state index is 12.2. The molecule has 0 aliphatic carbocycles. The molecule has 6 nitrogen and oxygen atoms in total. The van der Waals surface area contributed by atoms with E-state index in [4.69, 9.17) is 28.3 Å². The van der Waals surface area contributed by atoms with Crippen LogP contribution in [-0.2, 0) is 10.3 Å². The van der Waals surface area contributed by atoms with Gasteiger partial charge in [-0.05, 0) is 43.7 Å². The Bertz CT molecular complexity index is 970. The maximum Gasteiger partial charge on any atom is 0.262 e. The van der Waals surface area contributed by atoms with Gasteiger partial charge in [-0.2, -0.15) is 5.10 Å². The fraction of sp³-hybridized carbons (Fsp3) is 0.391. The number of hydrogen-bond donors (Lipinski definition) is 2. The van der Waals surface area contributed by atoms with Crippen molar-refractivity contribution in [3.63, 3.8) is 0 Å². The Hall–Kier alpha value is -2.26. The lowest BCUT2D eigenvalue weighted by atomic mass is 9.84. The fourth-order valence-corrected chi connectivity index (χ4v) is 3.83. The summed E-state index contributed by atoms with van der Waals surface area (Å²) in [6, 6.07) is 14.9. The van der Waals surface area contributed by atoms with E-state index in [1.54, 1.807) is 5.01 Å². The Morgan fingerprint density at radius 2 is 1.82 bits per heavy atom. The van der Waals surface area contributed by atoms with E-state index >= 15 is 0 Å². The number of nitrogens with zero attached hydrogens (tertiary/aromatic N) is 3. The highest BCUT2D eigenvalue weighted by molar-refractivity contribution is 6.33. The molecule has 0 fully saturated rings. The molecule has 2 aromatic carbocycles. The number of benzene rings is 2. The number of anilines is 1. The van der Waals surface area contributed by atoms with Crippen LogP contribution in [0.1, 0.15) is 26.3 Å². The van der Waals surface area contributed by atoms with Gasteiger partial charge in [-0.25, -0.2) is 8.78 Å². The van der Waals surface area contributed by atoms with Crippen LogP contribution in [0.5, 0.6) is 0 Å². The highest BCUT2D eigenvalue weighted by atomic mass is 35.5. The summed E-state index contributed by atoms with van der Waals surface area (Å²) in [5.41, 5.74) is 1.60. The van der Waals surface area contributed by atoms with Crippen molar-refractivity contribution in [1.82, 2.24) is 4.90 Å². The zero-order chi connectivity index (χ0) is 24.8. The van der Waals surface area contributed by atoms with Gasteiger partial charge in [0.25, 0.3) is 5.92 Å². The molecule has 3 rings (SSSR count). The van der Waals surface area contributed by atoms with Crippen LogP contribution < -0.4 is 5.01 Å². The summed E-state index contributed by atoms with van der Waals surface area (Å²) < 4.78 is 24.4. The summed E-state index contributed by atoms with van der Waals surface area (Å²) in [7, 11) is 0. The second kappa shape index (κ2) is 11.2. The third-order valence-electron chi connectivity index (χ3n) is 5.15. The molecule has 180 valence electrons. The summed E-state index contributed by atoms with van der Waals surface area (Å²) in [5.74, 6) is -2.89. The molecule has 0 spiro atoms. The Labute approximate surface area is 202 Å². The minimum atomic E-state index is -2.89. The van der Waals surface area contributed by atoms with E-state index in [2.05, 4.69) is 5.10 Å². The Kier molecular flexibility index (Phi) is 9.20. The first-order valence-electron chi connectivity index (χ1n) is 10.2. The van der Waals surface area contributed by atoms with Crippen molar-refractivity contribution >= 4 is 41.0 Å². The number of halogens is 4. The van der Waals surface area contributed by atoms with Crippen molar-refractivity contribution < 1.29 is 23.8 Å². The van der Waals surface area contributed by atoms with Crippen LogP contribution >= 0.6 is 23.2 Å². The summed E-state index contributed by atoms with van der Waals surface area (Å²) in [4.78, 5) is 10.9. The fourth-order valence-electron chi connectivity index (χ4n) is 3.49. The lowest BCUT2D eigenvalue weighted by molar-refractivity contribution is -0.123. The highest BCUT2D eigenvalue weighted by Gasteiger charge is 2.48. The predicted octanol–water partition coefficient (Wildman–Crippen LogP) is 4.56. The van der Waals surface area contributed by atoms with E-state index in [9.17, 15) is 18.7 Å². The number of alkyl halides is 2. The van der Waals surface area contributed by atoms with Crippen LogP contribution in [0.3, 0.4) is 0 Å². The van der Waals surface area contributed by atoms with Crippen molar-refractivity contribution in [3.8, 4) is 0 Å². The molecule has 2 unspecified atom stereocenters. The lowest BCUT2D eigenvalue weighted by Gasteiger charge is -2.37. The molecule has 0 bridgehead atoms. The quantitative estimate of drug-likeness (QED) is 0.545. The van der Waals surface area contributed by atoms with Crippen LogP contribution in [-0.4, -0.2) is 59.0 Å². The van der Waals surface area contributed by atoms with E-state index in [0.717, 1.165) is 23.1 Å². The first-order chi connectivity index (χ1) is 15.4. The van der Waals surface area contributed by atoms with Crippen molar-refractivity contribution in [2.45, 2.75) is 38.3 Å². The minimum absolute atomic E-state index is 0.0487. The largest absolute Gasteiger partial charge is 0.395 e. The average Bonchev–Trinajstić information content (AvgIpc) is 2.98.